The van der Waals surface area contributed by atoms with Crippen LogP contribution in [0.25, 0.3) is 16.0 Å². The van der Waals surface area contributed by atoms with E-state index in [1.165, 1.54) is 11.3 Å². The van der Waals surface area contributed by atoms with Crippen molar-refractivity contribution in [3.05, 3.63) is 70.9 Å². The topological polar surface area (TPSA) is 129 Å². The van der Waals surface area contributed by atoms with Gasteiger partial charge in [0, 0.05) is 25.5 Å². The van der Waals surface area contributed by atoms with E-state index in [1.807, 2.05) is 61.9 Å². The summed E-state index contributed by atoms with van der Waals surface area (Å²) in [7, 11) is 0. The van der Waals surface area contributed by atoms with E-state index in [-0.39, 0.29) is 28.8 Å². The molecule has 218 valence electrons. The van der Waals surface area contributed by atoms with Crippen molar-refractivity contribution in [2.24, 2.45) is 5.41 Å². The standard InChI is InChI=1S/C31H35N7O3S/c1-30(2,3)17-20(18-32)28(40)36-14-6-8-22(36)19-37-24-10-9-21(31(4,5)41)16-23(24)34-29(37)35-27(39)25-11-12-26(42-25)38-15-7-13-33-38/h7,9-13,15-17,22,41H,6,8,14,19H2,1-5H3,(H,34,35,39). The highest BCUT2D eigenvalue weighted by atomic mass is 32.1. The fraction of sp³-hybridized carbons (Fsp3) is 0.387. The maximum atomic E-state index is 13.5. The average molecular weight is 586 g/mol. The minimum Gasteiger partial charge on any atom is -0.386 e. The molecule has 2 amide bonds. The van der Waals surface area contributed by atoms with Crippen molar-refractivity contribution in [3.63, 3.8) is 0 Å². The Kier molecular flexibility index (Phi) is 7.79. The minimum absolute atomic E-state index is 0.138. The second-order valence-electron chi connectivity index (χ2n) is 12.2. The fourth-order valence-corrected chi connectivity index (χ4v) is 6.00. The number of amides is 2. The van der Waals surface area contributed by atoms with E-state index < -0.39 is 5.60 Å². The Bertz CT molecular complexity index is 1690. The first-order valence-electron chi connectivity index (χ1n) is 13.9. The number of imidazole rings is 1. The van der Waals surface area contributed by atoms with Crippen molar-refractivity contribution in [1.82, 2.24) is 24.2 Å². The highest BCUT2D eigenvalue weighted by Crippen LogP contribution is 2.30. The van der Waals surface area contributed by atoms with E-state index in [2.05, 4.69) is 16.5 Å². The number of hydrogen-bond donors (Lipinski definition) is 2. The number of rotatable bonds is 7. The summed E-state index contributed by atoms with van der Waals surface area (Å²) in [5, 5.41) is 28.4. The van der Waals surface area contributed by atoms with Crippen LogP contribution in [0.3, 0.4) is 0 Å². The molecule has 4 heterocycles. The van der Waals surface area contributed by atoms with Crippen molar-refractivity contribution in [3.8, 4) is 11.1 Å². The van der Waals surface area contributed by atoms with Crippen LogP contribution in [-0.4, -0.2) is 53.7 Å². The number of likely N-dealkylation sites (tertiary alicyclic amines) is 1. The molecule has 0 saturated carbocycles. The van der Waals surface area contributed by atoms with E-state index in [1.54, 1.807) is 41.8 Å². The van der Waals surface area contributed by atoms with Gasteiger partial charge in [-0.15, -0.1) is 11.3 Å². The number of fused-ring (bicyclic) bond motifs is 1. The van der Waals surface area contributed by atoms with Crippen molar-refractivity contribution >= 4 is 40.1 Å². The Hall–Kier alpha value is -4.27. The van der Waals surface area contributed by atoms with Gasteiger partial charge in [0.1, 0.15) is 16.6 Å². The van der Waals surface area contributed by atoms with Crippen LogP contribution in [0.2, 0.25) is 0 Å². The highest BCUT2D eigenvalue weighted by Gasteiger charge is 2.33. The molecule has 0 bridgehead atoms. The van der Waals surface area contributed by atoms with Gasteiger partial charge in [-0.2, -0.15) is 10.4 Å². The zero-order valence-electron chi connectivity index (χ0n) is 24.5. The second-order valence-corrected chi connectivity index (χ2v) is 13.2. The molecule has 5 rings (SSSR count). The van der Waals surface area contributed by atoms with Crippen molar-refractivity contribution in [2.45, 2.75) is 65.6 Å². The van der Waals surface area contributed by atoms with Crippen molar-refractivity contribution < 1.29 is 14.7 Å². The number of carbonyl (C=O) groups is 2. The van der Waals surface area contributed by atoms with Gasteiger partial charge in [-0.1, -0.05) is 32.9 Å². The number of carbonyl (C=O) groups excluding carboxylic acids is 2. The lowest BCUT2D eigenvalue weighted by atomic mass is 9.93. The van der Waals surface area contributed by atoms with Crippen LogP contribution in [0.5, 0.6) is 0 Å². The van der Waals surface area contributed by atoms with Crippen LogP contribution in [0.1, 0.15) is 62.7 Å². The lowest BCUT2D eigenvalue weighted by Crippen LogP contribution is -2.39. The lowest BCUT2D eigenvalue weighted by molar-refractivity contribution is -0.127. The maximum Gasteiger partial charge on any atom is 0.268 e. The Morgan fingerprint density at radius 2 is 2.00 bits per heavy atom. The van der Waals surface area contributed by atoms with E-state index in [0.717, 1.165) is 23.4 Å². The molecule has 1 aliphatic rings. The summed E-state index contributed by atoms with van der Waals surface area (Å²) in [6.07, 6.45) is 6.79. The molecule has 3 aromatic heterocycles. The van der Waals surface area contributed by atoms with E-state index >= 15 is 0 Å². The van der Waals surface area contributed by atoms with Crippen LogP contribution in [0.4, 0.5) is 5.95 Å². The third-order valence-corrected chi connectivity index (χ3v) is 8.26. The Balaban J connectivity index is 1.48. The van der Waals surface area contributed by atoms with Crippen LogP contribution in [-0.2, 0) is 16.9 Å². The van der Waals surface area contributed by atoms with Gasteiger partial charge < -0.3 is 14.6 Å². The molecule has 1 fully saturated rings. The molecule has 1 atom stereocenters. The van der Waals surface area contributed by atoms with Gasteiger partial charge in [-0.3, -0.25) is 14.9 Å². The van der Waals surface area contributed by atoms with E-state index in [4.69, 9.17) is 4.98 Å². The molecule has 10 nitrogen and oxygen atoms in total. The zero-order chi connectivity index (χ0) is 30.2. The maximum absolute atomic E-state index is 13.5. The summed E-state index contributed by atoms with van der Waals surface area (Å²) in [6, 6.07) is 12.9. The van der Waals surface area contributed by atoms with Gasteiger partial charge in [0.05, 0.1) is 27.6 Å². The summed E-state index contributed by atoms with van der Waals surface area (Å²) < 4.78 is 3.61. The van der Waals surface area contributed by atoms with Crippen LogP contribution in [0, 0.1) is 16.7 Å². The van der Waals surface area contributed by atoms with Crippen LogP contribution >= 0.6 is 11.3 Å². The number of aliphatic hydroxyl groups is 1. The first kappa shape index (κ1) is 29.2. The molecular formula is C31H35N7O3S. The van der Waals surface area contributed by atoms with Crippen molar-refractivity contribution in [1.29, 1.82) is 5.26 Å². The van der Waals surface area contributed by atoms with Crippen LogP contribution in [0.15, 0.2) is 60.4 Å². The van der Waals surface area contributed by atoms with Gasteiger partial charge in [-0.25, -0.2) is 9.67 Å². The highest BCUT2D eigenvalue weighted by molar-refractivity contribution is 7.16. The first-order valence-corrected chi connectivity index (χ1v) is 14.7. The Morgan fingerprint density at radius 1 is 1.21 bits per heavy atom. The normalized spacial score (nSPS) is 16.2. The summed E-state index contributed by atoms with van der Waals surface area (Å²) in [4.78, 5) is 33.9. The number of hydrogen-bond acceptors (Lipinski definition) is 7. The molecule has 0 spiro atoms. The summed E-state index contributed by atoms with van der Waals surface area (Å²) in [6.45, 7) is 10.2. The molecule has 0 radical (unpaired) electrons. The lowest BCUT2D eigenvalue weighted by Gasteiger charge is -2.26. The molecule has 1 unspecified atom stereocenters. The number of nitrogens with one attached hydrogen (secondary N) is 1. The van der Waals surface area contributed by atoms with E-state index in [9.17, 15) is 20.0 Å². The quantitative estimate of drug-likeness (QED) is 0.225. The predicted octanol–water partition coefficient (Wildman–Crippen LogP) is 5.25. The monoisotopic (exact) mass is 585 g/mol. The Morgan fingerprint density at radius 3 is 2.67 bits per heavy atom. The average Bonchev–Trinajstić information content (AvgIpc) is 3.73. The van der Waals surface area contributed by atoms with Gasteiger partial charge in [0.15, 0.2) is 0 Å². The molecular weight excluding hydrogens is 550 g/mol. The van der Waals surface area contributed by atoms with Crippen molar-refractivity contribution in [2.75, 3.05) is 11.9 Å². The predicted molar refractivity (Wildman–Crippen MR) is 162 cm³/mol. The summed E-state index contributed by atoms with van der Waals surface area (Å²) >= 11 is 1.31. The molecule has 11 heteroatoms. The van der Waals surface area contributed by atoms with E-state index in [0.29, 0.717) is 35.0 Å². The molecule has 1 aliphatic heterocycles. The minimum atomic E-state index is -1.07. The number of allylic oxidation sites excluding steroid dienone is 1. The molecule has 0 aliphatic carbocycles. The molecule has 42 heavy (non-hydrogen) atoms. The molecule has 2 N–H and O–H groups in total. The Labute approximate surface area is 248 Å². The fourth-order valence-electron chi connectivity index (χ4n) is 5.16. The third-order valence-electron chi connectivity index (χ3n) is 7.19. The molecule has 1 aromatic carbocycles. The first-order chi connectivity index (χ1) is 19.8. The van der Waals surface area contributed by atoms with Gasteiger partial charge in [-0.05, 0) is 68.0 Å². The van der Waals surface area contributed by atoms with Crippen LogP contribution < -0.4 is 5.32 Å². The number of nitriles is 1. The number of anilines is 1. The second kappa shape index (κ2) is 11.2. The summed E-state index contributed by atoms with van der Waals surface area (Å²) in [5.41, 5.74) is 0.845. The zero-order valence-corrected chi connectivity index (χ0v) is 25.3. The number of benzene rings is 1. The SMILES string of the molecule is CC(C)(C)C=C(C#N)C(=O)N1CCCC1Cn1c(NC(=O)c2ccc(-n3cccn3)s2)nc2cc(C(C)(C)O)ccc21. The molecule has 4 aromatic rings. The van der Waals surface area contributed by atoms with Gasteiger partial charge in [0.25, 0.3) is 11.8 Å². The third kappa shape index (κ3) is 6.15. The van der Waals surface area contributed by atoms with Gasteiger partial charge >= 0.3 is 0 Å². The number of aromatic nitrogens is 4. The smallest absolute Gasteiger partial charge is 0.268 e. The largest absolute Gasteiger partial charge is 0.386 e. The summed E-state index contributed by atoms with van der Waals surface area (Å²) in [5.74, 6) is -0.238. The van der Waals surface area contributed by atoms with Gasteiger partial charge in [0.2, 0.25) is 5.95 Å². The molecule has 1 saturated heterocycles. The number of nitrogens with zero attached hydrogens (tertiary/aromatic N) is 6. The number of thiophene rings is 1.